The van der Waals surface area contributed by atoms with E-state index in [1.54, 1.807) is 11.3 Å². The van der Waals surface area contributed by atoms with Crippen LogP contribution in [-0.2, 0) is 20.7 Å². The van der Waals surface area contributed by atoms with Gasteiger partial charge in [0.25, 0.3) is 0 Å². The van der Waals surface area contributed by atoms with Crippen molar-refractivity contribution in [2.75, 3.05) is 19.8 Å². The first-order valence-electron chi connectivity index (χ1n) is 8.75. The molecule has 1 aliphatic carbocycles. The number of carbonyl (C=O) groups is 1. The SMILES string of the molecule is CCO[C@@H]1CC[C@H]2[C@H]1OCCN2C(=O)Cc1csc2ccccc12. The molecule has 24 heavy (non-hydrogen) atoms. The Kier molecular flexibility index (Phi) is 4.57. The van der Waals surface area contributed by atoms with E-state index < -0.39 is 0 Å². The summed E-state index contributed by atoms with van der Waals surface area (Å²) in [5, 5.41) is 3.33. The largest absolute Gasteiger partial charge is 0.376 e. The summed E-state index contributed by atoms with van der Waals surface area (Å²) in [7, 11) is 0. The predicted octanol–water partition coefficient (Wildman–Crippen LogP) is 3.24. The van der Waals surface area contributed by atoms with Crippen LogP contribution in [0.15, 0.2) is 29.6 Å². The normalized spacial score (nSPS) is 26.7. The maximum Gasteiger partial charge on any atom is 0.227 e. The van der Waals surface area contributed by atoms with Crippen molar-refractivity contribution < 1.29 is 14.3 Å². The van der Waals surface area contributed by atoms with Crippen LogP contribution in [0.4, 0.5) is 0 Å². The van der Waals surface area contributed by atoms with E-state index in [4.69, 9.17) is 9.47 Å². The smallest absolute Gasteiger partial charge is 0.227 e. The summed E-state index contributed by atoms with van der Waals surface area (Å²) in [6.07, 6.45) is 2.62. The molecule has 2 fully saturated rings. The molecule has 0 radical (unpaired) electrons. The van der Waals surface area contributed by atoms with Gasteiger partial charge in [-0.2, -0.15) is 0 Å². The van der Waals surface area contributed by atoms with Crippen molar-refractivity contribution in [2.24, 2.45) is 0 Å². The van der Waals surface area contributed by atoms with Gasteiger partial charge in [-0.25, -0.2) is 0 Å². The third-order valence-corrected chi connectivity index (χ3v) is 6.15. The van der Waals surface area contributed by atoms with Crippen molar-refractivity contribution in [2.45, 2.75) is 44.4 Å². The molecule has 1 amide bonds. The zero-order valence-corrected chi connectivity index (χ0v) is 14.8. The molecule has 1 aromatic heterocycles. The molecule has 4 nitrogen and oxygen atoms in total. The molecule has 0 unspecified atom stereocenters. The first-order valence-corrected chi connectivity index (χ1v) is 9.63. The maximum absolute atomic E-state index is 13.0. The van der Waals surface area contributed by atoms with Crippen molar-refractivity contribution in [1.82, 2.24) is 4.90 Å². The molecular formula is C19H23NO3S. The van der Waals surface area contributed by atoms with E-state index in [2.05, 4.69) is 17.5 Å². The van der Waals surface area contributed by atoms with Gasteiger partial charge in [0.05, 0.1) is 25.2 Å². The van der Waals surface area contributed by atoms with Crippen molar-refractivity contribution in [1.29, 1.82) is 0 Å². The Balaban J connectivity index is 1.50. The number of hydrogen-bond donors (Lipinski definition) is 0. The van der Waals surface area contributed by atoms with E-state index in [1.807, 2.05) is 24.0 Å². The number of thiophene rings is 1. The molecule has 128 valence electrons. The Labute approximate surface area is 146 Å². The number of fused-ring (bicyclic) bond motifs is 2. The lowest BCUT2D eigenvalue weighted by atomic mass is 10.1. The van der Waals surface area contributed by atoms with Gasteiger partial charge in [-0.05, 0) is 42.2 Å². The van der Waals surface area contributed by atoms with E-state index in [0.717, 1.165) is 18.4 Å². The van der Waals surface area contributed by atoms with Gasteiger partial charge in [0, 0.05) is 17.9 Å². The van der Waals surface area contributed by atoms with Crippen molar-refractivity contribution >= 4 is 27.3 Å². The second-order valence-electron chi connectivity index (χ2n) is 6.49. The van der Waals surface area contributed by atoms with E-state index in [1.165, 1.54) is 10.1 Å². The number of hydrogen-bond acceptors (Lipinski definition) is 4. The van der Waals surface area contributed by atoms with Crippen LogP contribution in [0.2, 0.25) is 0 Å². The second-order valence-corrected chi connectivity index (χ2v) is 7.41. The molecule has 0 spiro atoms. The molecule has 1 saturated carbocycles. The minimum Gasteiger partial charge on any atom is -0.376 e. The second kappa shape index (κ2) is 6.82. The molecule has 0 N–H and O–H groups in total. The van der Waals surface area contributed by atoms with Crippen LogP contribution in [0.25, 0.3) is 10.1 Å². The molecule has 4 rings (SSSR count). The highest BCUT2D eigenvalue weighted by atomic mass is 32.1. The zero-order chi connectivity index (χ0) is 16.5. The molecule has 5 heteroatoms. The molecule has 2 aliphatic rings. The highest BCUT2D eigenvalue weighted by molar-refractivity contribution is 7.17. The summed E-state index contributed by atoms with van der Waals surface area (Å²) in [5.74, 6) is 0.217. The average molecular weight is 345 g/mol. The van der Waals surface area contributed by atoms with E-state index >= 15 is 0 Å². The number of benzene rings is 1. The highest BCUT2D eigenvalue weighted by Crippen LogP contribution is 2.33. The summed E-state index contributed by atoms with van der Waals surface area (Å²) in [5.41, 5.74) is 1.14. The Bertz CT molecular complexity index is 728. The van der Waals surface area contributed by atoms with Gasteiger partial charge in [-0.15, -0.1) is 11.3 Å². The van der Waals surface area contributed by atoms with Crippen LogP contribution in [0.3, 0.4) is 0 Å². The lowest BCUT2D eigenvalue weighted by molar-refractivity contribution is -0.150. The van der Waals surface area contributed by atoms with Gasteiger partial charge < -0.3 is 14.4 Å². The minimum atomic E-state index is 0.0434. The van der Waals surface area contributed by atoms with Gasteiger partial charge in [0.2, 0.25) is 5.91 Å². The highest BCUT2D eigenvalue weighted by Gasteiger charge is 2.44. The predicted molar refractivity (Wildman–Crippen MR) is 95.4 cm³/mol. The summed E-state index contributed by atoms with van der Waals surface area (Å²) >= 11 is 1.71. The van der Waals surface area contributed by atoms with E-state index in [9.17, 15) is 4.79 Å². The molecular weight excluding hydrogens is 322 g/mol. The van der Waals surface area contributed by atoms with Crippen LogP contribution in [0, 0.1) is 0 Å². The van der Waals surface area contributed by atoms with Crippen LogP contribution in [0.1, 0.15) is 25.3 Å². The van der Waals surface area contributed by atoms with Crippen molar-refractivity contribution in [3.8, 4) is 0 Å². The van der Waals surface area contributed by atoms with Crippen LogP contribution in [-0.4, -0.2) is 48.8 Å². The van der Waals surface area contributed by atoms with Crippen LogP contribution < -0.4 is 0 Å². The van der Waals surface area contributed by atoms with Gasteiger partial charge in [-0.1, -0.05) is 18.2 Å². The van der Waals surface area contributed by atoms with Crippen LogP contribution in [0.5, 0.6) is 0 Å². The monoisotopic (exact) mass is 345 g/mol. The molecule has 0 bridgehead atoms. The first-order chi connectivity index (χ1) is 11.8. The Hall–Kier alpha value is -1.43. The summed E-state index contributed by atoms with van der Waals surface area (Å²) < 4.78 is 13.0. The van der Waals surface area contributed by atoms with Crippen molar-refractivity contribution in [3.63, 3.8) is 0 Å². The molecule has 2 heterocycles. The number of ether oxygens (including phenoxy) is 2. The zero-order valence-electron chi connectivity index (χ0n) is 13.9. The quantitative estimate of drug-likeness (QED) is 0.854. The molecule has 1 aromatic carbocycles. The molecule has 1 aliphatic heterocycles. The standard InChI is InChI=1S/C19H23NO3S/c1-2-22-16-8-7-15-19(16)23-10-9-20(15)18(21)11-13-12-24-17-6-4-3-5-14(13)17/h3-6,12,15-16,19H,2,7-11H2,1H3/t15-,16+,19+/m0/s1. The number of rotatable bonds is 4. The van der Waals surface area contributed by atoms with Crippen LogP contribution >= 0.6 is 11.3 Å². The van der Waals surface area contributed by atoms with Gasteiger partial charge in [0.1, 0.15) is 6.10 Å². The van der Waals surface area contributed by atoms with E-state index in [-0.39, 0.29) is 24.2 Å². The third kappa shape index (κ3) is 2.85. The third-order valence-electron chi connectivity index (χ3n) is 5.14. The average Bonchev–Trinajstić information content (AvgIpc) is 3.20. The fourth-order valence-electron chi connectivity index (χ4n) is 4.05. The van der Waals surface area contributed by atoms with Gasteiger partial charge in [0.15, 0.2) is 0 Å². The van der Waals surface area contributed by atoms with Crippen molar-refractivity contribution in [3.05, 3.63) is 35.2 Å². The lowest BCUT2D eigenvalue weighted by Gasteiger charge is -2.39. The summed E-state index contributed by atoms with van der Waals surface area (Å²) in [6.45, 7) is 4.02. The fourth-order valence-corrected chi connectivity index (χ4v) is 5.01. The first kappa shape index (κ1) is 16.1. The molecule has 1 saturated heterocycles. The Morgan fingerprint density at radius 2 is 2.25 bits per heavy atom. The summed E-state index contributed by atoms with van der Waals surface area (Å²) in [6, 6.07) is 8.48. The Morgan fingerprint density at radius 1 is 1.38 bits per heavy atom. The number of nitrogens with zero attached hydrogens (tertiary/aromatic N) is 1. The van der Waals surface area contributed by atoms with Gasteiger partial charge >= 0.3 is 0 Å². The molecule has 3 atom stereocenters. The summed E-state index contributed by atoms with van der Waals surface area (Å²) in [4.78, 5) is 15.0. The number of carbonyl (C=O) groups excluding carboxylic acids is 1. The lowest BCUT2D eigenvalue weighted by Crippen LogP contribution is -2.54. The van der Waals surface area contributed by atoms with Gasteiger partial charge in [-0.3, -0.25) is 4.79 Å². The number of amides is 1. The number of morpholine rings is 1. The minimum absolute atomic E-state index is 0.0434. The fraction of sp³-hybridized carbons (Fsp3) is 0.526. The maximum atomic E-state index is 13.0. The topological polar surface area (TPSA) is 38.8 Å². The van der Waals surface area contributed by atoms with E-state index in [0.29, 0.717) is 26.2 Å². The Morgan fingerprint density at radius 3 is 3.12 bits per heavy atom. The molecule has 2 aromatic rings.